The number of hydrogen-bond acceptors (Lipinski definition) is 2. The van der Waals surface area contributed by atoms with Crippen molar-refractivity contribution in [3.05, 3.63) is 93.8 Å². The molecule has 0 radical (unpaired) electrons. The second-order valence-electron chi connectivity index (χ2n) is 7.50. The topological polar surface area (TPSA) is 34.9 Å². The molecular formula is C25H23ClN2O. The number of rotatable bonds is 5. The van der Waals surface area contributed by atoms with E-state index in [-0.39, 0.29) is 5.78 Å². The van der Waals surface area contributed by atoms with Gasteiger partial charge in [0.2, 0.25) is 0 Å². The lowest BCUT2D eigenvalue weighted by Crippen LogP contribution is -2.02. The number of fused-ring (bicyclic) bond motifs is 1. The average molecular weight is 403 g/mol. The van der Waals surface area contributed by atoms with Crippen molar-refractivity contribution >= 4 is 28.4 Å². The SMILES string of the molecule is Cc1ccc(C)c(-n2c(C)nc3cc(C(=O)CCc4ccccc4Cl)ccc32)c1. The van der Waals surface area contributed by atoms with Crippen LogP contribution in [0.4, 0.5) is 0 Å². The molecule has 4 aromatic rings. The Morgan fingerprint density at radius 1 is 1.00 bits per heavy atom. The molecule has 0 bridgehead atoms. The highest BCUT2D eigenvalue weighted by Crippen LogP contribution is 2.26. The minimum atomic E-state index is 0.103. The summed E-state index contributed by atoms with van der Waals surface area (Å²) in [6.45, 7) is 6.19. The van der Waals surface area contributed by atoms with Crippen molar-refractivity contribution in [2.24, 2.45) is 0 Å². The van der Waals surface area contributed by atoms with E-state index < -0.39 is 0 Å². The first kappa shape index (κ1) is 19.4. The van der Waals surface area contributed by atoms with Crippen LogP contribution in [0.3, 0.4) is 0 Å². The first-order valence-corrected chi connectivity index (χ1v) is 10.1. The molecular weight excluding hydrogens is 380 g/mol. The fraction of sp³-hybridized carbons (Fsp3) is 0.200. The molecule has 0 unspecified atom stereocenters. The first-order valence-electron chi connectivity index (χ1n) is 9.77. The number of nitrogens with zero attached hydrogens (tertiary/aromatic N) is 2. The van der Waals surface area contributed by atoms with Crippen molar-refractivity contribution in [1.82, 2.24) is 9.55 Å². The molecule has 146 valence electrons. The van der Waals surface area contributed by atoms with E-state index in [0.717, 1.165) is 28.1 Å². The van der Waals surface area contributed by atoms with E-state index in [4.69, 9.17) is 16.6 Å². The van der Waals surface area contributed by atoms with E-state index in [9.17, 15) is 4.79 Å². The van der Waals surface area contributed by atoms with Crippen LogP contribution < -0.4 is 0 Å². The van der Waals surface area contributed by atoms with Crippen LogP contribution in [0.15, 0.2) is 60.7 Å². The molecule has 4 rings (SSSR count). The van der Waals surface area contributed by atoms with Crippen molar-refractivity contribution in [2.75, 3.05) is 0 Å². The number of Topliss-reactive ketones (excluding diaryl/α,β-unsaturated/α-hetero) is 1. The summed E-state index contributed by atoms with van der Waals surface area (Å²) in [6, 6.07) is 19.9. The Bertz CT molecular complexity index is 1220. The maximum absolute atomic E-state index is 12.8. The van der Waals surface area contributed by atoms with Gasteiger partial charge in [-0.1, -0.05) is 41.9 Å². The molecule has 1 aromatic heterocycles. The summed E-state index contributed by atoms with van der Waals surface area (Å²) in [7, 11) is 0. The highest BCUT2D eigenvalue weighted by atomic mass is 35.5. The Labute approximate surface area is 176 Å². The molecule has 0 aliphatic rings. The first-order chi connectivity index (χ1) is 13.9. The average Bonchev–Trinajstić information content (AvgIpc) is 3.03. The van der Waals surface area contributed by atoms with Gasteiger partial charge in [0.05, 0.1) is 16.7 Å². The Balaban J connectivity index is 1.64. The Morgan fingerprint density at radius 2 is 1.79 bits per heavy atom. The lowest BCUT2D eigenvalue weighted by Gasteiger charge is -2.11. The second-order valence-corrected chi connectivity index (χ2v) is 7.91. The minimum Gasteiger partial charge on any atom is -0.296 e. The number of hydrogen-bond donors (Lipinski definition) is 0. The number of carbonyl (C=O) groups is 1. The molecule has 29 heavy (non-hydrogen) atoms. The van der Waals surface area contributed by atoms with Gasteiger partial charge in [0, 0.05) is 17.0 Å². The summed E-state index contributed by atoms with van der Waals surface area (Å²) in [4.78, 5) is 17.5. The van der Waals surface area contributed by atoms with Gasteiger partial charge >= 0.3 is 0 Å². The monoisotopic (exact) mass is 402 g/mol. The highest BCUT2D eigenvalue weighted by Gasteiger charge is 2.14. The van der Waals surface area contributed by atoms with E-state index in [0.29, 0.717) is 23.4 Å². The Hall–Kier alpha value is -2.91. The molecule has 0 aliphatic heterocycles. The lowest BCUT2D eigenvalue weighted by molar-refractivity contribution is 0.0983. The van der Waals surface area contributed by atoms with Gasteiger partial charge in [0.1, 0.15) is 5.82 Å². The third-order valence-electron chi connectivity index (χ3n) is 5.33. The molecule has 0 atom stereocenters. The zero-order valence-electron chi connectivity index (χ0n) is 16.9. The van der Waals surface area contributed by atoms with Crippen LogP contribution in [0.25, 0.3) is 16.7 Å². The summed E-state index contributed by atoms with van der Waals surface area (Å²) in [5, 5.41) is 0.707. The van der Waals surface area contributed by atoms with Gasteiger partial charge in [-0.2, -0.15) is 0 Å². The molecule has 0 fully saturated rings. The molecule has 0 N–H and O–H groups in total. The maximum Gasteiger partial charge on any atom is 0.163 e. The fourth-order valence-corrected chi connectivity index (χ4v) is 3.96. The van der Waals surface area contributed by atoms with Gasteiger partial charge in [-0.05, 0) is 74.2 Å². The quantitative estimate of drug-likeness (QED) is 0.361. The predicted molar refractivity (Wildman–Crippen MR) is 119 cm³/mol. The second kappa shape index (κ2) is 7.84. The number of carbonyl (C=O) groups excluding carboxylic acids is 1. The minimum absolute atomic E-state index is 0.103. The molecule has 0 aliphatic carbocycles. The van der Waals surface area contributed by atoms with Crippen LogP contribution in [-0.2, 0) is 6.42 Å². The molecule has 3 aromatic carbocycles. The molecule has 0 amide bonds. The normalized spacial score (nSPS) is 11.2. The van der Waals surface area contributed by atoms with Crippen LogP contribution in [0.2, 0.25) is 5.02 Å². The van der Waals surface area contributed by atoms with Crippen LogP contribution in [-0.4, -0.2) is 15.3 Å². The number of ketones is 1. The van der Waals surface area contributed by atoms with Gasteiger partial charge < -0.3 is 0 Å². The van der Waals surface area contributed by atoms with Crippen LogP contribution in [0, 0.1) is 20.8 Å². The van der Waals surface area contributed by atoms with Gasteiger partial charge in [-0.25, -0.2) is 4.98 Å². The summed E-state index contributed by atoms with van der Waals surface area (Å²) in [5.74, 6) is 1.01. The summed E-state index contributed by atoms with van der Waals surface area (Å²) < 4.78 is 2.16. The van der Waals surface area contributed by atoms with E-state index >= 15 is 0 Å². The Morgan fingerprint density at radius 3 is 2.59 bits per heavy atom. The van der Waals surface area contributed by atoms with E-state index in [1.54, 1.807) is 0 Å². The van der Waals surface area contributed by atoms with Gasteiger partial charge in [-0.3, -0.25) is 9.36 Å². The van der Waals surface area contributed by atoms with Gasteiger partial charge in [0.25, 0.3) is 0 Å². The van der Waals surface area contributed by atoms with Gasteiger partial charge in [0.15, 0.2) is 5.78 Å². The van der Waals surface area contributed by atoms with E-state index in [2.05, 4.69) is 36.6 Å². The summed E-state index contributed by atoms with van der Waals surface area (Å²) >= 11 is 6.21. The standard InChI is InChI=1S/C25H23ClN2O/c1-16-8-9-17(2)24(14-16)28-18(3)27-22-15-20(10-12-23(22)28)25(29)13-11-19-6-4-5-7-21(19)26/h4-10,12,14-15H,11,13H2,1-3H3. The molecule has 0 saturated heterocycles. The van der Waals surface area contributed by atoms with Gasteiger partial charge in [-0.15, -0.1) is 0 Å². The van der Waals surface area contributed by atoms with Crippen molar-refractivity contribution < 1.29 is 4.79 Å². The van der Waals surface area contributed by atoms with Crippen LogP contribution >= 0.6 is 11.6 Å². The summed E-state index contributed by atoms with van der Waals surface area (Å²) in [5.41, 5.74) is 7.07. The zero-order valence-corrected chi connectivity index (χ0v) is 17.6. The third-order valence-corrected chi connectivity index (χ3v) is 5.70. The van der Waals surface area contributed by atoms with Crippen molar-refractivity contribution in [3.8, 4) is 5.69 Å². The smallest absolute Gasteiger partial charge is 0.163 e. The number of imidazole rings is 1. The molecule has 0 spiro atoms. The summed E-state index contributed by atoms with van der Waals surface area (Å²) in [6.07, 6.45) is 1.05. The largest absolute Gasteiger partial charge is 0.296 e. The maximum atomic E-state index is 12.8. The van der Waals surface area contributed by atoms with Crippen molar-refractivity contribution in [2.45, 2.75) is 33.6 Å². The van der Waals surface area contributed by atoms with Crippen LogP contribution in [0.1, 0.15) is 39.3 Å². The number of aromatic nitrogens is 2. The molecule has 1 heterocycles. The number of halogens is 1. The molecule has 0 saturated carbocycles. The van der Waals surface area contributed by atoms with Crippen molar-refractivity contribution in [3.63, 3.8) is 0 Å². The number of benzene rings is 3. The fourth-order valence-electron chi connectivity index (χ4n) is 3.73. The predicted octanol–water partition coefficient (Wildman–Crippen LogP) is 6.42. The van der Waals surface area contributed by atoms with E-state index in [1.807, 2.05) is 49.4 Å². The molecule has 3 nitrogen and oxygen atoms in total. The van der Waals surface area contributed by atoms with Crippen molar-refractivity contribution in [1.29, 1.82) is 0 Å². The number of aryl methyl sites for hydroxylation is 4. The molecule has 4 heteroatoms. The third kappa shape index (κ3) is 3.83. The highest BCUT2D eigenvalue weighted by molar-refractivity contribution is 6.31. The lowest BCUT2D eigenvalue weighted by atomic mass is 10.0. The Kier molecular flexibility index (Phi) is 5.25. The zero-order chi connectivity index (χ0) is 20.5. The van der Waals surface area contributed by atoms with Crippen LogP contribution in [0.5, 0.6) is 0 Å². The van der Waals surface area contributed by atoms with E-state index in [1.165, 1.54) is 11.1 Å².